The molecule has 0 saturated carbocycles. The van der Waals surface area contributed by atoms with Crippen LogP contribution in [-0.2, 0) is 38.6 Å². The Kier molecular flexibility index (Phi) is 10.7. The largest absolute Gasteiger partial charge is 0.466 e. The summed E-state index contributed by atoms with van der Waals surface area (Å²) in [5.41, 5.74) is 8.51. The first kappa shape index (κ1) is 24.9. The van der Waals surface area contributed by atoms with E-state index in [0.29, 0.717) is 26.0 Å². The van der Waals surface area contributed by atoms with Crippen molar-refractivity contribution in [2.75, 3.05) is 13.2 Å². The lowest BCUT2D eigenvalue weighted by Crippen LogP contribution is -2.40. The van der Waals surface area contributed by atoms with Gasteiger partial charge >= 0.3 is 12.1 Å². The van der Waals surface area contributed by atoms with Gasteiger partial charge in [0.15, 0.2) is 0 Å². The molecular weight excluding hydrogens is 410 g/mol. The summed E-state index contributed by atoms with van der Waals surface area (Å²) < 4.78 is 10.1. The van der Waals surface area contributed by atoms with Gasteiger partial charge in [-0.3, -0.25) is 9.59 Å². The number of esters is 1. The highest BCUT2D eigenvalue weighted by Crippen LogP contribution is 2.10. The molecule has 8 nitrogen and oxygen atoms in total. The summed E-state index contributed by atoms with van der Waals surface area (Å²) in [6.45, 7) is 2.91. The first-order chi connectivity index (χ1) is 15.5. The fourth-order valence-corrected chi connectivity index (χ4v) is 3.00. The van der Waals surface area contributed by atoms with Gasteiger partial charge in [0.25, 0.3) is 0 Å². The Morgan fingerprint density at radius 1 is 0.938 bits per heavy atom. The number of benzene rings is 2. The van der Waals surface area contributed by atoms with Crippen molar-refractivity contribution in [1.29, 1.82) is 0 Å². The van der Waals surface area contributed by atoms with Crippen molar-refractivity contribution in [3.63, 3.8) is 0 Å². The lowest BCUT2D eigenvalue weighted by atomic mass is 10.0. The summed E-state index contributed by atoms with van der Waals surface area (Å²) >= 11 is 0. The number of ether oxygens (including phenoxy) is 2. The number of hydrogen-bond acceptors (Lipinski definition) is 6. The average Bonchev–Trinajstić information content (AvgIpc) is 2.80. The molecule has 0 aliphatic rings. The molecule has 0 unspecified atom stereocenters. The second-order valence-corrected chi connectivity index (χ2v) is 7.21. The monoisotopic (exact) mass is 441 g/mol. The molecule has 0 heterocycles. The second-order valence-electron chi connectivity index (χ2n) is 7.21. The number of carbonyl (C=O) groups excluding carboxylic acids is 3. The van der Waals surface area contributed by atoms with Crippen LogP contribution in [0.4, 0.5) is 4.79 Å². The standard InChI is InChI=1S/C24H31N3O5/c1-2-31-22(28)15-19-11-6-7-12-20(19)16-27-23(29)21(25)13-8-14-26-24(30)32-17-18-9-4-3-5-10-18/h3-7,9-12,21H,2,8,13-17,25H2,1H3,(H,26,30)(H,27,29)/t21-/m0/s1. The Bertz CT molecular complexity index is 873. The summed E-state index contributed by atoms with van der Waals surface area (Å²) in [5, 5.41) is 5.45. The van der Waals surface area contributed by atoms with Crippen molar-refractivity contribution in [3.05, 3.63) is 71.3 Å². The van der Waals surface area contributed by atoms with Crippen molar-refractivity contribution >= 4 is 18.0 Å². The molecule has 0 aliphatic heterocycles. The molecule has 8 heteroatoms. The minimum atomic E-state index is -0.700. The molecule has 0 radical (unpaired) electrons. The van der Waals surface area contributed by atoms with Crippen LogP contribution in [0.2, 0.25) is 0 Å². The maximum Gasteiger partial charge on any atom is 0.407 e. The Labute approximate surface area is 188 Å². The van der Waals surface area contributed by atoms with E-state index >= 15 is 0 Å². The van der Waals surface area contributed by atoms with Gasteiger partial charge in [-0.15, -0.1) is 0 Å². The van der Waals surface area contributed by atoms with Crippen molar-refractivity contribution in [2.24, 2.45) is 5.73 Å². The average molecular weight is 442 g/mol. The Morgan fingerprint density at radius 3 is 2.34 bits per heavy atom. The molecule has 1 atom stereocenters. The first-order valence-electron chi connectivity index (χ1n) is 10.7. The first-order valence-corrected chi connectivity index (χ1v) is 10.7. The van der Waals surface area contributed by atoms with E-state index in [-0.39, 0.29) is 31.4 Å². The van der Waals surface area contributed by atoms with E-state index in [1.807, 2.05) is 54.6 Å². The number of amides is 2. The third kappa shape index (κ3) is 9.18. The summed E-state index contributed by atoms with van der Waals surface area (Å²) in [7, 11) is 0. The normalized spacial score (nSPS) is 11.3. The zero-order valence-corrected chi connectivity index (χ0v) is 18.3. The van der Waals surface area contributed by atoms with E-state index in [4.69, 9.17) is 15.2 Å². The van der Waals surface area contributed by atoms with E-state index in [1.165, 1.54) is 0 Å². The van der Waals surface area contributed by atoms with Gasteiger partial charge in [-0.1, -0.05) is 54.6 Å². The highest BCUT2D eigenvalue weighted by atomic mass is 16.5. The SMILES string of the molecule is CCOC(=O)Cc1ccccc1CNC(=O)[C@@H](N)CCCNC(=O)OCc1ccccc1. The van der Waals surface area contributed by atoms with Crippen LogP contribution >= 0.6 is 0 Å². The Hall–Kier alpha value is -3.39. The van der Waals surface area contributed by atoms with E-state index in [9.17, 15) is 14.4 Å². The number of alkyl carbamates (subject to hydrolysis) is 1. The molecule has 2 amide bonds. The minimum absolute atomic E-state index is 0.151. The predicted molar refractivity (Wildman–Crippen MR) is 120 cm³/mol. The van der Waals surface area contributed by atoms with Crippen molar-refractivity contribution in [3.8, 4) is 0 Å². The van der Waals surface area contributed by atoms with Crippen LogP contribution < -0.4 is 16.4 Å². The molecule has 2 aromatic rings. The van der Waals surface area contributed by atoms with Gasteiger partial charge in [0.05, 0.1) is 19.1 Å². The van der Waals surface area contributed by atoms with E-state index in [2.05, 4.69) is 10.6 Å². The van der Waals surface area contributed by atoms with Crippen molar-refractivity contribution < 1.29 is 23.9 Å². The van der Waals surface area contributed by atoms with Gasteiger partial charge in [0.2, 0.25) is 5.91 Å². The smallest absolute Gasteiger partial charge is 0.407 e. The third-order valence-electron chi connectivity index (χ3n) is 4.72. The van der Waals surface area contributed by atoms with Crippen LogP contribution in [0.5, 0.6) is 0 Å². The number of nitrogens with one attached hydrogen (secondary N) is 2. The van der Waals surface area contributed by atoms with Crippen LogP contribution in [-0.4, -0.2) is 37.2 Å². The molecule has 0 saturated heterocycles. The van der Waals surface area contributed by atoms with Gasteiger partial charge in [0, 0.05) is 13.1 Å². The number of hydrogen-bond donors (Lipinski definition) is 3. The highest BCUT2D eigenvalue weighted by Gasteiger charge is 2.14. The summed E-state index contributed by atoms with van der Waals surface area (Å²) in [6, 6.07) is 16.1. The topological polar surface area (TPSA) is 120 Å². The second kappa shape index (κ2) is 13.8. The molecule has 0 aromatic heterocycles. The number of rotatable bonds is 12. The summed E-state index contributed by atoms with van der Waals surface area (Å²) in [5.74, 6) is -0.597. The minimum Gasteiger partial charge on any atom is -0.466 e. The molecular formula is C24H31N3O5. The quantitative estimate of drug-likeness (QED) is 0.344. The van der Waals surface area contributed by atoms with Crippen LogP contribution in [0.3, 0.4) is 0 Å². The van der Waals surface area contributed by atoms with E-state index < -0.39 is 12.1 Å². The highest BCUT2D eigenvalue weighted by molar-refractivity contribution is 5.81. The predicted octanol–water partition coefficient (Wildman–Crippen LogP) is 2.44. The molecule has 2 aromatic carbocycles. The van der Waals surface area contributed by atoms with Gasteiger partial charge in [-0.05, 0) is 36.5 Å². The molecule has 2 rings (SSSR count). The fourth-order valence-electron chi connectivity index (χ4n) is 3.00. The number of nitrogens with two attached hydrogens (primary N) is 1. The zero-order chi connectivity index (χ0) is 23.2. The molecule has 32 heavy (non-hydrogen) atoms. The lowest BCUT2D eigenvalue weighted by molar-refractivity contribution is -0.142. The van der Waals surface area contributed by atoms with Gasteiger partial charge in [-0.2, -0.15) is 0 Å². The Morgan fingerprint density at radius 2 is 1.62 bits per heavy atom. The lowest BCUT2D eigenvalue weighted by Gasteiger charge is -2.14. The molecule has 4 N–H and O–H groups in total. The number of carbonyl (C=O) groups is 3. The molecule has 0 bridgehead atoms. The van der Waals surface area contributed by atoms with E-state index in [1.54, 1.807) is 6.92 Å². The van der Waals surface area contributed by atoms with Crippen molar-refractivity contribution in [1.82, 2.24) is 10.6 Å². The van der Waals surface area contributed by atoms with Gasteiger partial charge in [0.1, 0.15) is 6.61 Å². The molecule has 172 valence electrons. The maximum absolute atomic E-state index is 12.3. The third-order valence-corrected chi connectivity index (χ3v) is 4.72. The van der Waals surface area contributed by atoms with Gasteiger partial charge in [-0.25, -0.2) is 4.79 Å². The van der Waals surface area contributed by atoms with E-state index in [0.717, 1.165) is 16.7 Å². The van der Waals surface area contributed by atoms with Crippen LogP contribution in [0.15, 0.2) is 54.6 Å². The summed E-state index contributed by atoms with van der Waals surface area (Å²) in [6.07, 6.45) is 0.590. The Balaban J connectivity index is 1.66. The zero-order valence-electron chi connectivity index (χ0n) is 18.3. The van der Waals surface area contributed by atoms with Crippen LogP contribution in [0.1, 0.15) is 36.5 Å². The summed E-state index contributed by atoms with van der Waals surface area (Å²) in [4.78, 5) is 35.8. The maximum atomic E-state index is 12.3. The van der Waals surface area contributed by atoms with Crippen molar-refractivity contribution in [2.45, 2.75) is 45.4 Å². The van der Waals surface area contributed by atoms with Crippen LogP contribution in [0.25, 0.3) is 0 Å². The molecule has 0 aliphatic carbocycles. The molecule has 0 spiro atoms. The molecule has 0 fully saturated rings. The fraction of sp³-hybridized carbons (Fsp3) is 0.375. The van der Waals surface area contributed by atoms with Crippen LogP contribution in [0, 0.1) is 0 Å². The van der Waals surface area contributed by atoms with Gasteiger partial charge < -0.3 is 25.8 Å².